The number of aliphatic hydroxyl groups excluding tert-OH is 1. The summed E-state index contributed by atoms with van der Waals surface area (Å²) in [5, 5.41) is 9.54. The molecule has 0 amide bonds. The van der Waals surface area contributed by atoms with E-state index >= 15 is 0 Å². The van der Waals surface area contributed by atoms with Crippen molar-refractivity contribution in [2.75, 3.05) is 13.1 Å². The Hall–Kier alpha value is -1.78. The van der Waals surface area contributed by atoms with Crippen LogP contribution in [0.3, 0.4) is 0 Å². The predicted molar refractivity (Wildman–Crippen MR) is 96.8 cm³/mol. The van der Waals surface area contributed by atoms with Gasteiger partial charge in [0.1, 0.15) is 13.1 Å². The van der Waals surface area contributed by atoms with Crippen molar-refractivity contribution in [2.24, 2.45) is 5.92 Å². The first-order chi connectivity index (χ1) is 12.4. The second kappa shape index (κ2) is 8.28. The monoisotopic (exact) mass is 366 g/mol. The van der Waals surface area contributed by atoms with Crippen LogP contribution in [-0.4, -0.2) is 34.7 Å². The number of nitrogens with zero attached hydrogens (tertiary/aromatic N) is 1. The number of rotatable bonds is 4. The quantitative estimate of drug-likeness (QED) is 0.544. The van der Waals surface area contributed by atoms with Crippen molar-refractivity contribution < 1.29 is 22.9 Å². The van der Waals surface area contributed by atoms with E-state index in [2.05, 4.69) is 4.58 Å². The average molecular weight is 366 g/mol. The molecule has 1 aliphatic heterocycles. The smallest absolute Gasteiger partial charge is 0.448 e. The highest BCUT2D eigenvalue weighted by Gasteiger charge is 2.36. The van der Waals surface area contributed by atoms with E-state index in [1.54, 1.807) is 0 Å². The van der Waals surface area contributed by atoms with Crippen LogP contribution in [0.4, 0.5) is 13.2 Å². The van der Waals surface area contributed by atoms with Crippen LogP contribution < -0.4 is 0 Å². The zero-order valence-electron chi connectivity index (χ0n) is 15.0. The van der Waals surface area contributed by atoms with Crippen molar-refractivity contribution in [1.82, 2.24) is 0 Å². The highest BCUT2D eigenvalue weighted by molar-refractivity contribution is 5.83. The summed E-state index contributed by atoms with van der Waals surface area (Å²) in [6, 6.07) is 9.24. The summed E-state index contributed by atoms with van der Waals surface area (Å²) in [4.78, 5) is 0. The fraction of sp³-hybridized carbons (Fsp3) is 0.571. The number of alkyl halides is 3. The molecule has 0 bridgehead atoms. The van der Waals surface area contributed by atoms with Crippen LogP contribution in [0.5, 0.6) is 0 Å². The molecule has 1 aromatic rings. The summed E-state index contributed by atoms with van der Waals surface area (Å²) >= 11 is 0. The molecule has 2 unspecified atom stereocenters. The molecule has 0 radical (unpaired) electrons. The van der Waals surface area contributed by atoms with Crippen molar-refractivity contribution in [3.63, 3.8) is 0 Å². The Morgan fingerprint density at radius 3 is 2.46 bits per heavy atom. The number of hydrogen-bond donors (Lipinski definition) is 1. The maximum absolute atomic E-state index is 12.9. The molecule has 2 nitrogen and oxygen atoms in total. The first-order valence-corrected chi connectivity index (χ1v) is 9.58. The Bertz CT molecular complexity index is 656. The molecule has 1 saturated heterocycles. The molecule has 5 heteroatoms. The van der Waals surface area contributed by atoms with Gasteiger partial charge in [0.25, 0.3) is 0 Å². The van der Waals surface area contributed by atoms with E-state index in [-0.39, 0.29) is 0 Å². The molecular formula is C21H27F3NO+. The van der Waals surface area contributed by atoms with Crippen molar-refractivity contribution in [2.45, 2.75) is 57.0 Å². The number of benzene rings is 1. The van der Waals surface area contributed by atoms with Gasteiger partial charge in [-0.05, 0) is 30.9 Å². The van der Waals surface area contributed by atoms with E-state index in [0.29, 0.717) is 12.3 Å². The topological polar surface area (TPSA) is 23.2 Å². The van der Waals surface area contributed by atoms with Gasteiger partial charge in [0.05, 0.1) is 0 Å². The van der Waals surface area contributed by atoms with Crippen molar-refractivity contribution >= 4 is 5.71 Å². The van der Waals surface area contributed by atoms with Gasteiger partial charge in [0.15, 0.2) is 11.5 Å². The summed E-state index contributed by atoms with van der Waals surface area (Å²) in [5.74, 6) is -1.62. The maximum Gasteiger partial charge on any atom is 0.448 e. The summed E-state index contributed by atoms with van der Waals surface area (Å²) < 4.78 is 41.1. The third-order valence-corrected chi connectivity index (χ3v) is 5.63. The van der Waals surface area contributed by atoms with Crippen LogP contribution in [0.2, 0.25) is 0 Å². The lowest BCUT2D eigenvalue weighted by Gasteiger charge is -2.26. The van der Waals surface area contributed by atoms with Gasteiger partial charge >= 0.3 is 6.18 Å². The fourth-order valence-corrected chi connectivity index (χ4v) is 4.33. The molecule has 2 fully saturated rings. The Morgan fingerprint density at radius 1 is 1.12 bits per heavy atom. The van der Waals surface area contributed by atoms with Crippen LogP contribution in [0.25, 0.3) is 0 Å². The molecule has 0 aromatic heterocycles. The van der Waals surface area contributed by atoms with Crippen LogP contribution >= 0.6 is 0 Å². The molecule has 2 atom stereocenters. The Kier molecular flexibility index (Phi) is 6.05. The molecule has 1 heterocycles. The van der Waals surface area contributed by atoms with E-state index in [0.717, 1.165) is 44.0 Å². The van der Waals surface area contributed by atoms with Gasteiger partial charge < -0.3 is 5.11 Å². The zero-order valence-corrected chi connectivity index (χ0v) is 15.0. The number of allylic oxidation sites excluding steroid dienone is 2. The molecule has 1 N–H and O–H groups in total. The van der Waals surface area contributed by atoms with Gasteiger partial charge in [-0.1, -0.05) is 36.8 Å². The van der Waals surface area contributed by atoms with E-state index in [1.165, 1.54) is 25.0 Å². The van der Waals surface area contributed by atoms with Gasteiger partial charge in [-0.25, -0.2) is 4.58 Å². The third-order valence-electron chi connectivity index (χ3n) is 5.63. The maximum atomic E-state index is 12.9. The first-order valence-electron chi connectivity index (χ1n) is 9.58. The van der Waals surface area contributed by atoms with Gasteiger partial charge in [-0.3, -0.25) is 0 Å². The first kappa shape index (κ1) is 19.0. The highest BCUT2D eigenvalue weighted by atomic mass is 19.4. The Morgan fingerprint density at radius 2 is 1.81 bits per heavy atom. The Labute approximate surface area is 153 Å². The highest BCUT2D eigenvalue weighted by Crippen LogP contribution is 2.35. The lowest BCUT2D eigenvalue weighted by Crippen LogP contribution is -2.30. The summed E-state index contributed by atoms with van der Waals surface area (Å²) in [6.45, 7) is 2.15. The minimum Gasteiger partial charge on any atom is -0.504 e. The normalized spacial score (nSPS) is 23.3. The molecule has 26 heavy (non-hydrogen) atoms. The van der Waals surface area contributed by atoms with Gasteiger partial charge in [0.2, 0.25) is 0 Å². The second-order valence-corrected chi connectivity index (χ2v) is 7.43. The number of hydrogen-bond acceptors (Lipinski definition) is 1. The summed E-state index contributed by atoms with van der Waals surface area (Å²) in [5.41, 5.74) is 2.25. The van der Waals surface area contributed by atoms with Gasteiger partial charge in [0, 0.05) is 31.1 Å². The predicted octanol–water partition coefficient (Wildman–Crippen LogP) is 5.60. The van der Waals surface area contributed by atoms with E-state index in [4.69, 9.17) is 0 Å². The van der Waals surface area contributed by atoms with Gasteiger partial charge in [-0.2, -0.15) is 13.2 Å². The van der Waals surface area contributed by atoms with E-state index in [9.17, 15) is 18.3 Å². The SMILES string of the molecule is O/C(=C\C(CC1CCCCC1=[N+]1CCCC1)c1ccccc1)C(F)(F)F. The Balaban J connectivity index is 1.88. The lowest BCUT2D eigenvalue weighted by atomic mass is 9.78. The lowest BCUT2D eigenvalue weighted by molar-refractivity contribution is -0.510. The zero-order chi connectivity index (χ0) is 18.6. The number of halogens is 3. The van der Waals surface area contributed by atoms with Crippen molar-refractivity contribution in [3.05, 3.63) is 47.7 Å². The van der Waals surface area contributed by atoms with Crippen molar-refractivity contribution in [1.29, 1.82) is 0 Å². The molecule has 142 valence electrons. The third kappa shape index (κ3) is 4.68. The molecule has 1 aliphatic carbocycles. The molecule has 3 rings (SSSR count). The fourth-order valence-electron chi connectivity index (χ4n) is 4.33. The molecule has 0 spiro atoms. The van der Waals surface area contributed by atoms with E-state index < -0.39 is 17.9 Å². The van der Waals surface area contributed by atoms with Gasteiger partial charge in [-0.15, -0.1) is 0 Å². The standard InChI is InChI=1S/C21H26F3NO/c22-21(23,24)20(26)15-18(16-8-2-1-3-9-16)14-17-10-4-5-11-19(17)25-12-6-7-13-25/h1-3,8-9,15,17-18H,4-7,10-14H2/p+1/b20-15-. The van der Waals surface area contributed by atoms with E-state index in [1.807, 2.05) is 30.3 Å². The van der Waals surface area contributed by atoms with Crippen molar-refractivity contribution in [3.8, 4) is 0 Å². The minimum atomic E-state index is -4.69. The van der Waals surface area contributed by atoms with Crippen LogP contribution in [0.1, 0.15) is 56.4 Å². The largest absolute Gasteiger partial charge is 0.504 e. The summed E-state index contributed by atoms with van der Waals surface area (Å²) in [7, 11) is 0. The summed E-state index contributed by atoms with van der Waals surface area (Å²) in [6.07, 6.45) is 3.71. The number of aliphatic hydroxyl groups is 1. The molecular weight excluding hydrogens is 339 g/mol. The minimum absolute atomic E-state index is 0.296. The van der Waals surface area contributed by atoms with Crippen LogP contribution in [-0.2, 0) is 0 Å². The van der Waals surface area contributed by atoms with Crippen LogP contribution in [0, 0.1) is 5.92 Å². The molecule has 1 saturated carbocycles. The molecule has 1 aromatic carbocycles. The molecule has 2 aliphatic rings. The second-order valence-electron chi connectivity index (χ2n) is 7.43. The van der Waals surface area contributed by atoms with Crippen LogP contribution in [0.15, 0.2) is 42.2 Å². The average Bonchev–Trinajstić information content (AvgIpc) is 3.16.